The van der Waals surface area contributed by atoms with Gasteiger partial charge in [0.15, 0.2) is 0 Å². The van der Waals surface area contributed by atoms with E-state index in [1.807, 2.05) is 6.34 Å². The summed E-state index contributed by atoms with van der Waals surface area (Å²) in [5, 5.41) is 3.40. The van der Waals surface area contributed by atoms with Crippen LogP contribution in [-0.4, -0.2) is 6.34 Å². The maximum Gasteiger partial charge on any atom is 0.101 e. The van der Waals surface area contributed by atoms with E-state index in [1.165, 1.54) is 22.3 Å². The van der Waals surface area contributed by atoms with E-state index in [0.717, 1.165) is 0 Å². The van der Waals surface area contributed by atoms with E-state index in [9.17, 15) is 0 Å². The number of aliphatic imine (C=N–C) groups is 1. The van der Waals surface area contributed by atoms with Gasteiger partial charge < -0.3 is 5.32 Å². The minimum Gasteiger partial charge on any atom is -0.367 e. The van der Waals surface area contributed by atoms with Gasteiger partial charge in [0.25, 0.3) is 0 Å². The minimum atomic E-state index is 0.169. The van der Waals surface area contributed by atoms with E-state index in [-0.39, 0.29) is 12.1 Å². The van der Waals surface area contributed by atoms with Crippen molar-refractivity contribution in [3.63, 3.8) is 0 Å². The summed E-state index contributed by atoms with van der Waals surface area (Å²) in [4.78, 5) is 4.63. The molecule has 19 heavy (non-hydrogen) atoms. The lowest BCUT2D eigenvalue weighted by Crippen LogP contribution is -2.19. The summed E-state index contributed by atoms with van der Waals surface area (Å²) in [6.07, 6.45) is 1.84. The predicted octanol–water partition coefficient (Wildman–Crippen LogP) is 3.72. The number of nitrogens with zero attached hydrogens (tertiary/aromatic N) is 1. The van der Waals surface area contributed by atoms with Crippen molar-refractivity contribution in [2.24, 2.45) is 4.99 Å². The molecule has 0 bridgehead atoms. The molecular formula is C17H18N2. The summed E-state index contributed by atoms with van der Waals surface area (Å²) in [6.45, 7) is 4.31. The molecular weight excluding hydrogens is 232 g/mol. The van der Waals surface area contributed by atoms with Crippen LogP contribution in [0.3, 0.4) is 0 Å². The minimum absolute atomic E-state index is 0.169. The summed E-state index contributed by atoms with van der Waals surface area (Å²) in [6, 6.07) is 17.4. The lowest BCUT2D eigenvalue weighted by molar-refractivity contribution is 0.568. The third kappa shape index (κ3) is 2.14. The van der Waals surface area contributed by atoms with E-state index < -0.39 is 0 Å². The summed E-state index contributed by atoms with van der Waals surface area (Å²) < 4.78 is 0. The van der Waals surface area contributed by atoms with Gasteiger partial charge in [-0.2, -0.15) is 0 Å². The zero-order valence-corrected chi connectivity index (χ0v) is 11.3. The van der Waals surface area contributed by atoms with Crippen LogP contribution in [0.1, 0.15) is 34.3 Å². The molecule has 2 atom stereocenters. The van der Waals surface area contributed by atoms with Crippen molar-refractivity contribution < 1.29 is 0 Å². The lowest BCUT2D eigenvalue weighted by atomic mass is 9.90. The Morgan fingerprint density at radius 2 is 1.42 bits per heavy atom. The Balaban J connectivity index is 2.01. The fraction of sp³-hybridized carbons (Fsp3) is 0.235. The molecule has 2 nitrogen and oxygen atoms in total. The van der Waals surface area contributed by atoms with Crippen LogP contribution in [0, 0.1) is 13.8 Å². The van der Waals surface area contributed by atoms with Crippen molar-refractivity contribution in [2.75, 3.05) is 0 Å². The number of nitrogens with one attached hydrogen (secondary N) is 1. The van der Waals surface area contributed by atoms with Crippen LogP contribution >= 0.6 is 0 Å². The Labute approximate surface area is 114 Å². The van der Waals surface area contributed by atoms with Gasteiger partial charge in [-0.25, -0.2) is 0 Å². The monoisotopic (exact) mass is 250 g/mol. The first-order valence-corrected chi connectivity index (χ1v) is 6.66. The SMILES string of the molecule is Cc1ccccc1[C@H]1NC=N[C@H]1c1ccccc1C. The van der Waals surface area contributed by atoms with Gasteiger partial charge in [0.1, 0.15) is 6.04 Å². The van der Waals surface area contributed by atoms with Crippen molar-refractivity contribution in [2.45, 2.75) is 25.9 Å². The van der Waals surface area contributed by atoms with E-state index in [2.05, 4.69) is 72.7 Å². The Morgan fingerprint density at radius 3 is 2.05 bits per heavy atom. The van der Waals surface area contributed by atoms with E-state index in [4.69, 9.17) is 0 Å². The largest absolute Gasteiger partial charge is 0.367 e. The molecule has 2 aromatic carbocycles. The third-order valence-electron chi connectivity index (χ3n) is 3.84. The number of hydrogen-bond acceptors (Lipinski definition) is 2. The highest BCUT2D eigenvalue weighted by molar-refractivity contribution is 5.61. The first-order valence-electron chi connectivity index (χ1n) is 6.66. The Hall–Kier alpha value is -2.09. The van der Waals surface area contributed by atoms with Gasteiger partial charge in [-0.05, 0) is 36.1 Å². The highest BCUT2D eigenvalue weighted by Crippen LogP contribution is 2.37. The second-order valence-corrected chi connectivity index (χ2v) is 5.08. The van der Waals surface area contributed by atoms with Gasteiger partial charge in [-0.3, -0.25) is 4.99 Å². The van der Waals surface area contributed by atoms with Crippen molar-refractivity contribution >= 4 is 6.34 Å². The van der Waals surface area contributed by atoms with Gasteiger partial charge in [0.2, 0.25) is 0 Å². The zero-order valence-electron chi connectivity index (χ0n) is 11.3. The van der Waals surface area contributed by atoms with Crippen molar-refractivity contribution in [3.05, 3.63) is 70.8 Å². The number of rotatable bonds is 2. The van der Waals surface area contributed by atoms with E-state index >= 15 is 0 Å². The summed E-state index contributed by atoms with van der Waals surface area (Å²) >= 11 is 0. The third-order valence-corrected chi connectivity index (χ3v) is 3.84. The van der Waals surface area contributed by atoms with Gasteiger partial charge in [0.05, 0.1) is 12.4 Å². The first kappa shape index (κ1) is 12.0. The topological polar surface area (TPSA) is 24.4 Å². The second-order valence-electron chi connectivity index (χ2n) is 5.08. The Kier molecular flexibility index (Phi) is 3.08. The van der Waals surface area contributed by atoms with E-state index in [1.54, 1.807) is 0 Å². The molecule has 1 aliphatic rings. The van der Waals surface area contributed by atoms with E-state index in [0.29, 0.717) is 0 Å². The van der Waals surface area contributed by atoms with Gasteiger partial charge in [0, 0.05) is 0 Å². The van der Waals surface area contributed by atoms with Crippen molar-refractivity contribution in [1.29, 1.82) is 0 Å². The molecule has 1 aliphatic heterocycles. The summed E-state index contributed by atoms with van der Waals surface area (Å²) in [7, 11) is 0. The molecule has 0 saturated heterocycles. The maximum absolute atomic E-state index is 4.63. The maximum atomic E-state index is 4.63. The molecule has 0 unspecified atom stereocenters. The van der Waals surface area contributed by atoms with Crippen LogP contribution in [0.15, 0.2) is 53.5 Å². The quantitative estimate of drug-likeness (QED) is 0.863. The van der Waals surface area contributed by atoms with Gasteiger partial charge >= 0.3 is 0 Å². The second kappa shape index (κ2) is 4.88. The molecule has 0 spiro atoms. The van der Waals surface area contributed by atoms with Crippen LogP contribution in [0.2, 0.25) is 0 Å². The molecule has 0 aliphatic carbocycles. The van der Waals surface area contributed by atoms with Gasteiger partial charge in [-0.1, -0.05) is 48.5 Å². The molecule has 96 valence electrons. The highest BCUT2D eigenvalue weighted by Gasteiger charge is 2.28. The molecule has 2 aromatic rings. The molecule has 0 fully saturated rings. The normalized spacial score (nSPS) is 21.4. The number of hydrogen-bond donors (Lipinski definition) is 1. The lowest BCUT2D eigenvalue weighted by Gasteiger charge is -2.22. The first-order chi connectivity index (χ1) is 9.27. The van der Waals surface area contributed by atoms with Crippen molar-refractivity contribution in [3.8, 4) is 0 Å². The zero-order chi connectivity index (χ0) is 13.2. The van der Waals surface area contributed by atoms with Gasteiger partial charge in [-0.15, -0.1) is 0 Å². The molecule has 0 amide bonds. The molecule has 1 heterocycles. The summed E-state index contributed by atoms with van der Waals surface area (Å²) in [5.74, 6) is 0. The highest BCUT2D eigenvalue weighted by atomic mass is 15.1. The predicted molar refractivity (Wildman–Crippen MR) is 79.5 cm³/mol. The Morgan fingerprint density at radius 1 is 0.842 bits per heavy atom. The molecule has 1 N–H and O–H groups in total. The molecule has 0 aromatic heterocycles. The Bertz CT molecular complexity index is 616. The number of benzene rings is 2. The molecule has 0 saturated carbocycles. The average molecular weight is 250 g/mol. The van der Waals surface area contributed by atoms with Crippen LogP contribution in [0.25, 0.3) is 0 Å². The molecule has 3 rings (SSSR count). The average Bonchev–Trinajstić information content (AvgIpc) is 2.89. The standard InChI is InChI=1S/C17H18N2/c1-12-7-3-5-9-14(12)16-17(19-11-18-16)15-10-6-4-8-13(15)2/h3-11,16-17H,1-2H3,(H,18,19)/t16-,17+. The van der Waals surface area contributed by atoms with Crippen LogP contribution in [0.5, 0.6) is 0 Å². The van der Waals surface area contributed by atoms with Crippen molar-refractivity contribution in [1.82, 2.24) is 5.32 Å². The molecule has 0 radical (unpaired) electrons. The fourth-order valence-electron chi connectivity index (χ4n) is 2.75. The number of aryl methyl sites for hydroxylation is 2. The smallest absolute Gasteiger partial charge is 0.101 e. The van der Waals surface area contributed by atoms with Crippen LogP contribution in [0.4, 0.5) is 0 Å². The molecule has 2 heteroatoms. The fourth-order valence-corrected chi connectivity index (χ4v) is 2.75. The summed E-state index contributed by atoms with van der Waals surface area (Å²) in [5.41, 5.74) is 5.24. The van der Waals surface area contributed by atoms with Crippen LogP contribution < -0.4 is 5.32 Å². The van der Waals surface area contributed by atoms with Crippen LogP contribution in [-0.2, 0) is 0 Å².